The summed E-state index contributed by atoms with van der Waals surface area (Å²) in [6.45, 7) is 2.08. The van der Waals surface area contributed by atoms with Crippen LogP contribution in [0.4, 0.5) is 0 Å². The third-order valence-corrected chi connectivity index (χ3v) is 5.79. The van der Waals surface area contributed by atoms with E-state index < -0.39 is 5.97 Å². The molecule has 1 aliphatic rings. The number of carbonyl (C=O) groups is 1. The van der Waals surface area contributed by atoms with Crippen LogP contribution in [0, 0.1) is 0 Å². The zero-order valence-corrected chi connectivity index (χ0v) is 19.2. The Labute approximate surface area is 197 Å². The van der Waals surface area contributed by atoms with Gasteiger partial charge in [0.1, 0.15) is 17.6 Å². The molecule has 4 rings (SSSR count). The Hall–Kier alpha value is -3.02. The Balaban J connectivity index is 1.78. The molecule has 5 nitrogen and oxygen atoms in total. The highest BCUT2D eigenvalue weighted by Crippen LogP contribution is 2.39. The second kappa shape index (κ2) is 9.63. The fourth-order valence-electron chi connectivity index (χ4n) is 3.72. The number of hydrogen-bond donors (Lipinski definition) is 1. The highest BCUT2D eigenvalue weighted by atomic mass is 35.5. The Morgan fingerprint density at radius 1 is 0.969 bits per heavy atom. The third kappa shape index (κ3) is 4.59. The molecular weight excluding hydrogens is 447 g/mol. The van der Waals surface area contributed by atoms with Gasteiger partial charge in [-0.05, 0) is 60.5 Å². The van der Waals surface area contributed by atoms with E-state index in [2.05, 4.69) is 5.32 Å². The van der Waals surface area contributed by atoms with Crippen molar-refractivity contribution in [1.29, 1.82) is 0 Å². The lowest BCUT2D eigenvalue weighted by Gasteiger charge is -2.20. The lowest BCUT2D eigenvalue weighted by molar-refractivity contribution is 0.0526. The van der Waals surface area contributed by atoms with Crippen molar-refractivity contribution in [1.82, 2.24) is 5.32 Å². The first kappa shape index (κ1) is 22.2. The summed E-state index contributed by atoms with van der Waals surface area (Å²) in [5, 5.41) is 4.85. The topological polar surface area (TPSA) is 59.9 Å². The number of carbonyl (C=O) groups excluding carboxylic acids is 1. The molecule has 0 amide bonds. The van der Waals surface area contributed by atoms with Crippen LogP contribution in [0.25, 0.3) is 0 Å². The SMILES string of the molecule is CCOC(=O)c1ccc(OC)c(C2=NC(c3ccc(Cl)cc3)C(c3ccc(Cl)cc3)N2)c1. The number of esters is 1. The normalized spacial score (nSPS) is 17.4. The molecule has 0 fully saturated rings. The molecule has 0 spiro atoms. The first-order chi connectivity index (χ1) is 15.5. The number of rotatable bonds is 6. The summed E-state index contributed by atoms with van der Waals surface area (Å²) in [5.74, 6) is 0.849. The van der Waals surface area contributed by atoms with Gasteiger partial charge in [-0.3, -0.25) is 4.99 Å². The van der Waals surface area contributed by atoms with Gasteiger partial charge in [0.15, 0.2) is 0 Å². The van der Waals surface area contributed by atoms with Gasteiger partial charge in [-0.25, -0.2) is 4.79 Å². The van der Waals surface area contributed by atoms with E-state index in [-0.39, 0.29) is 12.1 Å². The van der Waals surface area contributed by atoms with Crippen LogP contribution in [0.2, 0.25) is 10.0 Å². The van der Waals surface area contributed by atoms with E-state index in [0.29, 0.717) is 39.4 Å². The minimum atomic E-state index is -0.390. The van der Waals surface area contributed by atoms with Crippen LogP contribution in [-0.4, -0.2) is 25.5 Å². The molecule has 1 heterocycles. The summed E-state index contributed by atoms with van der Waals surface area (Å²) < 4.78 is 10.7. The van der Waals surface area contributed by atoms with Gasteiger partial charge >= 0.3 is 5.97 Å². The van der Waals surface area contributed by atoms with Crippen molar-refractivity contribution in [3.8, 4) is 5.75 Å². The molecule has 1 aliphatic heterocycles. The predicted molar refractivity (Wildman–Crippen MR) is 127 cm³/mol. The molecule has 0 aromatic heterocycles. The maximum absolute atomic E-state index is 12.3. The van der Waals surface area contributed by atoms with Gasteiger partial charge < -0.3 is 14.8 Å². The molecule has 32 heavy (non-hydrogen) atoms. The monoisotopic (exact) mass is 468 g/mol. The van der Waals surface area contributed by atoms with E-state index in [9.17, 15) is 4.79 Å². The summed E-state index contributed by atoms with van der Waals surface area (Å²) in [5.41, 5.74) is 3.17. The molecule has 0 aliphatic carbocycles. The standard InChI is InChI=1S/C25H22Cl2N2O3/c1-3-32-25(30)17-8-13-21(31-2)20(14-17)24-28-22(15-4-9-18(26)10-5-15)23(29-24)16-6-11-19(27)12-7-16/h4-14,22-23H,3H2,1-2H3,(H,28,29). The van der Waals surface area contributed by atoms with Crippen LogP contribution in [0.1, 0.15) is 46.1 Å². The van der Waals surface area contributed by atoms with Gasteiger partial charge in [-0.15, -0.1) is 0 Å². The summed E-state index contributed by atoms with van der Waals surface area (Å²) in [7, 11) is 1.59. The van der Waals surface area contributed by atoms with E-state index >= 15 is 0 Å². The van der Waals surface area contributed by atoms with Gasteiger partial charge in [0.25, 0.3) is 0 Å². The summed E-state index contributed by atoms with van der Waals surface area (Å²) in [6, 6.07) is 20.1. The van der Waals surface area contributed by atoms with Crippen molar-refractivity contribution in [2.24, 2.45) is 4.99 Å². The van der Waals surface area contributed by atoms with Gasteiger partial charge in [0.05, 0.1) is 30.9 Å². The molecule has 0 saturated heterocycles. The molecule has 0 bridgehead atoms. The van der Waals surface area contributed by atoms with Crippen molar-refractivity contribution < 1.29 is 14.3 Å². The molecule has 1 N–H and O–H groups in total. The maximum Gasteiger partial charge on any atom is 0.338 e. The van der Waals surface area contributed by atoms with E-state index in [4.69, 9.17) is 37.7 Å². The minimum absolute atomic E-state index is 0.139. The first-order valence-electron chi connectivity index (χ1n) is 10.2. The van der Waals surface area contributed by atoms with Gasteiger partial charge in [-0.1, -0.05) is 47.5 Å². The second-order valence-corrected chi connectivity index (χ2v) is 8.16. The quantitative estimate of drug-likeness (QED) is 0.449. The number of nitrogens with zero attached hydrogens (tertiary/aromatic N) is 1. The van der Waals surface area contributed by atoms with Crippen molar-refractivity contribution in [3.63, 3.8) is 0 Å². The molecular formula is C25H22Cl2N2O3. The average molecular weight is 469 g/mol. The lowest BCUT2D eigenvalue weighted by atomic mass is 9.95. The molecule has 164 valence electrons. The van der Waals surface area contributed by atoms with Crippen molar-refractivity contribution in [2.45, 2.75) is 19.0 Å². The largest absolute Gasteiger partial charge is 0.496 e. The Morgan fingerprint density at radius 3 is 2.19 bits per heavy atom. The van der Waals surface area contributed by atoms with E-state index in [0.717, 1.165) is 11.1 Å². The third-order valence-electron chi connectivity index (χ3n) is 5.28. The number of halogens is 2. The lowest BCUT2D eigenvalue weighted by Crippen LogP contribution is -2.25. The fourth-order valence-corrected chi connectivity index (χ4v) is 3.97. The summed E-state index contributed by atoms with van der Waals surface area (Å²) >= 11 is 12.2. The van der Waals surface area contributed by atoms with Gasteiger partial charge in [-0.2, -0.15) is 0 Å². The van der Waals surface area contributed by atoms with Gasteiger partial charge in [0, 0.05) is 10.0 Å². The van der Waals surface area contributed by atoms with Crippen LogP contribution in [0.15, 0.2) is 71.7 Å². The van der Waals surface area contributed by atoms with Crippen LogP contribution in [-0.2, 0) is 4.74 Å². The van der Waals surface area contributed by atoms with Crippen molar-refractivity contribution in [2.75, 3.05) is 13.7 Å². The molecule has 0 saturated carbocycles. The molecule has 3 aromatic rings. The molecule has 3 aromatic carbocycles. The first-order valence-corrected chi connectivity index (χ1v) is 11.0. The molecule has 2 atom stereocenters. The maximum atomic E-state index is 12.3. The Bertz CT molecular complexity index is 1140. The number of benzene rings is 3. The Morgan fingerprint density at radius 2 is 1.59 bits per heavy atom. The number of aliphatic imine (C=N–C) groups is 1. The number of ether oxygens (including phenoxy) is 2. The van der Waals surface area contributed by atoms with E-state index in [1.807, 2.05) is 48.5 Å². The fraction of sp³-hybridized carbons (Fsp3) is 0.200. The zero-order valence-electron chi connectivity index (χ0n) is 17.6. The number of nitrogens with one attached hydrogen (secondary N) is 1. The summed E-state index contributed by atoms with van der Waals surface area (Å²) in [4.78, 5) is 17.3. The zero-order chi connectivity index (χ0) is 22.7. The molecule has 7 heteroatoms. The highest BCUT2D eigenvalue weighted by molar-refractivity contribution is 6.30. The van der Waals surface area contributed by atoms with Crippen LogP contribution >= 0.6 is 23.2 Å². The summed E-state index contributed by atoms with van der Waals surface area (Å²) in [6.07, 6.45) is 0. The van der Waals surface area contributed by atoms with Crippen LogP contribution in [0.3, 0.4) is 0 Å². The van der Waals surface area contributed by atoms with E-state index in [1.165, 1.54) is 0 Å². The highest BCUT2D eigenvalue weighted by Gasteiger charge is 2.33. The molecule has 0 radical (unpaired) electrons. The molecule has 2 unspecified atom stereocenters. The van der Waals surface area contributed by atoms with Crippen LogP contribution < -0.4 is 10.1 Å². The number of methoxy groups -OCH3 is 1. The van der Waals surface area contributed by atoms with Crippen LogP contribution in [0.5, 0.6) is 5.75 Å². The second-order valence-electron chi connectivity index (χ2n) is 7.28. The van der Waals surface area contributed by atoms with Crippen molar-refractivity contribution >= 4 is 35.0 Å². The van der Waals surface area contributed by atoms with Crippen molar-refractivity contribution in [3.05, 3.63) is 99.0 Å². The number of hydrogen-bond acceptors (Lipinski definition) is 5. The Kier molecular flexibility index (Phi) is 6.68. The van der Waals surface area contributed by atoms with Gasteiger partial charge in [0.2, 0.25) is 0 Å². The number of amidine groups is 1. The smallest absolute Gasteiger partial charge is 0.338 e. The predicted octanol–water partition coefficient (Wildman–Crippen LogP) is 6.01. The average Bonchev–Trinajstić information content (AvgIpc) is 3.25. The minimum Gasteiger partial charge on any atom is -0.496 e. The van der Waals surface area contributed by atoms with E-state index in [1.54, 1.807) is 32.2 Å².